The Kier molecular flexibility index (Phi) is 9.67. The third kappa shape index (κ3) is 6.62. The molecular weight excluding hydrogens is 749 g/mol. The Morgan fingerprint density at radius 2 is 0.790 bits per heavy atom. The molecule has 0 saturated heterocycles. The molecule has 0 aliphatic heterocycles. The van der Waals surface area contributed by atoms with E-state index in [0.717, 1.165) is 29.2 Å². The SMILES string of the molecule is CCCCc1ccc2c(c1)c1cc(-c3ccc(N(c4ccccc4)c4ccccc4)cc3)ccc1n2-c1ccc(-c2c3ccccc3c(-c3ccccc3)c3ccccc23)cc1. The number of benzene rings is 10. The quantitative estimate of drug-likeness (QED) is 0.125. The average Bonchev–Trinajstić information content (AvgIpc) is 3.67. The number of nitrogens with zero attached hydrogens (tertiary/aromatic N) is 2. The van der Waals surface area contributed by atoms with Crippen LogP contribution in [0, 0.1) is 0 Å². The monoisotopic (exact) mass is 794 g/mol. The highest BCUT2D eigenvalue weighted by Crippen LogP contribution is 2.44. The number of unbranched alkanes of at least 4 members (excludes halogenated alkanes) is 1. The molecular formula is C60H46N2. The first-order valence-corrected chi connectivity index (χ1v) is 21.9. The van der Waals surface area contributed by atoms with Gasteiger partial charge in [-0.05, 0) is 146 Å². The summed E-state index contributed by atoms with van der Waals surface area (Å²) in [6, 6.07) is 82.2. The number of para-hydroxylation sites is 2. The van der Waals surface area contributed by atoms with Crippen molar-refractivity contribution in [1.82, 2.24) is 4.57 Å². The second-order valence-corrected chi connectivity index (χ2v) is 16.3. The summed E-state index contributed by atoms with van der Waals surface area (Å²) >= 11 is 0. The Morgan fingerprint density at radius 1 is 0.355 bits per heavy atom. The van der Waals surface area contributed by atoms with E-state index < -0.39 is 0 Å². The molecule has 0 unspecified atom stereocenters. The minimum atomic E-state index is 1.08. The van der Waals surface area contributed by atoms with E-state index in [-0.39, 0.29) is 0 Å². The van der Waals surface area contributed by atoms with Crippen molar-refractivity contribution in [2.24, 2.45) is 0 Å². The van der Waals surface area contributed by atoms with Crippen LogP contribution < -0.4 is 4.90 Å². The molecule has 0 N–H and O–H groups in total. The molecule has 1 heterocycles. The highest BCUT2D eigenvalue weighted by molar-refractivity contribution is 6.21. The fourth-order valence-electron chi connectivity index (χ4n) is 9.60. The molecule has 1 aromatic heterocycles. The lowest BCUT2D eigenvalue weighted by molar-refractivity contribution is 0.796. The molecule has 62 heavy (non-hydrogen) atoms. The standard InChI is InChI=1S/C60H46N2/c1-2-3-17-42-28-38-57-55(40-42)56-41-46(43-29-34-49(35-30-43)61(47-20-9-5-10-21-47)48-22-11-6-12-23-48)33-39-58(56)62(57)50-36-31-45(32-37-50)60-53-26-15-13-24-51(53)59(44-18-7-4-8-19-44)52-25-14-16-27-54(52)60/h4-16,18-41H,2-3,17H2,1H3. The van der Waals surface area contributed by atoms with Crippen molar-refractivity contribution in [2.75, 3.05) is 4.90 Å². The fourth-order valence-corrected chi connectivity index (χ4v) is 9.60. The smallest absolute Gasteiger partial charge is 0.0541 e. The normalized spacial score (nSPS) is 11.5. The molecule has 0 radical (unpaired) electrons. The van der Waals surface area contributed by atoms with Gasteiger partial charge in [-0.3, -0.25) is 0 Å². The zero-order valence-electron chi connectivity index (χ0n) is 34.9. The largest absolute Gasteiger partial charge is 0.311 e. The van der Waals surface area contributed by atoms with Crippen molar-refractivity contribution >= 4 is 60.4 Å². The molecule has 0 aliphatic rings. The number of hydrogen-bond donors (Lipinski definition) is 0. The minimum Gasteiger partial charge on any atom is -0.311 e. The van der Waals surface area contributed by atoms with Gasteiger partial charge in [0.1, 0.15) is 0 Å². The summed E-state index contributed by atoms with van der Waals surface area (Å²) < 4.78 is 2.46. The Balaban J connectivity index is 1.02. The molecule has 0 aliphatic carbocycles. The van der Waals surface area contributed by atoms with Crippen LogP contribution in [-0.2, 0) is 6.42 Å². The lowest BCUT2D eigenvalue weighted by Gasteiger charge is -2.25. The summed E-state index contributed by atoms with van der Waals surface area (Å²) in [7, 11) is 0. The van der Waals surface area contributed by atoms with E-state index in [1.165, 1.54) is 95.1 Å². The van der Waals surface area contributed by atoms with Gasteiger partial charge in [-0.25, -0.2) is 0 Å². The number of rotatable bonds is 10. The lowest BCUT2D eigenvalue weighted by atomic mass is 9.86. The van der Waals surface area contributed by atoms with Crippen LogP contribution in [0.5, 0.6) is 0 Å². The Hall–Kier alpha value is -7.68. The van der Waals surface area contributed by atoms with Crippen LogP contribution in [0.3, 0.4) is 0 Å². The van der Waals surface area contributed by atoms with Crippen molar-refractivity contribution < 1.29 is 0 Å². The molecule has 0 bridgehead atoms. The van der Waals surface area contributed by atoms with Crippen LogP contribution in [0.1, 0.15) is 25.3 Å². The zero-order valence-corrected chi connectivity index (χ0v) is 34.9. The molecule has 296 valence electrons. The van der Waals surface area contributed by atoms with Gasteiger partial charge in [0.05, 0.1) is 11.0 Å². The Morgan fingerprint density at radius 3 is 1.34 bits per heavy atom. The van der Waals surface area contributed by atoms with Gasteiger partial charge in [0.2, 0.25) is 0 Å². The van der Waals surface area contributed by atoms with Crippen LogP contribution in [0.2, 0.25) is 0 Å². The average molecular weight is 795 g/mol. The molecule has 0 saturated carbocycles. The molecule has 2 heteroatoms. The zero-order chi connectivity index (χ0) is 41.4. The lowest BCUT2D eigenvalue weighted by Crippen LogP contribution is -2.09. The molecule has 0 fully saturated rings. The van der Waals surface area contributed by atoms with Crippen molar-refractivity contribution in [2.45, 2.75) is 26.2 Å². The van der Waals surface area contributed by atoms with E-state index in [1.807, 2.05) is 0 Å². The van der Waals surface area contributed by atoms with E-state index in [1.54, 1.807) is 0 Å². The summed E-state index contributed by atoms with van der Waals surface area (Å²) in [5, 5.41) is 7.64. The first kappa shape index (κ1) is 37.3. The van der Waals surface area contributed by atoms with Crippen molar-refractivity contribution in [3.8, 4) is 39.1 Å². The third-order valence-corrected chi connectivity index (χ3v) is 12.5. The maximum atomic E-state index is 2.46. The van der Waals surface area contributed by atoms with Crippen LogP contribution >= 0.6 is 0 Å². The van der Waals surface area contributed by atoms with Crippen molar-refractivity contribution in [1.29, 1.82) is 0 Å². The number of fused-ring (bicyclic) bond motifs is 5. The van der Waals surface area contributed by atoms with Crippen LogP contribution in [0.4, 0.5) is 17.1 Å². The predicted molar refractivity (Wildman–Crippen MR) is 265 cm³/mol. The van der Waals surface area contributed by atoms with Gasteiger partial charge in [0.25, 0.3) is 0 Å². The third-order valence-electron chi connectivity index (χ3n) is 12.5. The molecule has 2 nitrogen and oxygen atoms in total. The van der Waals surface area contributed by atoms with Gasteiger partial charge >= 0.3 is 0 Å². The van der Waals surface area contributed by atoms with Gasteiger partial charge in [0, 0.05) is 33.5 Å². The summed E-state index contributed by atoms with van der Waals surface area (Å²) in [6.45, 7) is 2.27. The van der Waals surface area contributed by atoms with Crippen molar-refractivity contribution in [3.05, 3.63) is 230 Å². The first-order chi connectivity index (χ1) is 30.7. The molecule has 0 spiro atoms. The van der Waals surface area contributed by atoms with Gasteiger partial charge < -0.3 is 9.47 Å². The van der Waals surface area contributed by atoms with E-state index in [0.29, 0.717) is 0 Å². The van der Waals surface area contributed by atoms with E-state index in [2.05, 4.69) is 241 Å². The molecule has 0 atom stereocenters. The van der Waals surface area contributed by atoms with Gasteiger partial charge in [-0.1, -0.05) is 165 Å². The topological polar surface area (TPSA) is 8.17 Å². The summed E-state index contributed by atoms with van der Waals surface area (Å²) in [4.78, 5) is 2.31. The summed E-state index contributed by atoms with van der Waals surface area (Å²) in [5.41, 5.74) is 15.8. The highest BCUT2D eigenvalue weighted by Gasteiger charge is 2.19. The van der Waals surface area contributed by atoms with Crippen molar-refractivity contribution in [3.63, 3.8) is 0 Å². The summed E-state index contributed by atoms with van der Waals surface area (Å²) in [6.07, 6.45) is 3.44. The molecule has 11 rings (SSSR count). The van der Waals surface area contributed by atoms with Gasteiger partial charge in [-0.2, -0.15) is 0 Å². The van der Waals surface area contributed by atoms with E-state index in [9.17, 15) is 0 Å². The fraction of sp³-hybridized carbons (Fsp3) is 0.0667. The van der Waals surface area contributed by atoms with E-state index in [4.69, 9.17) is 0 Å². The Labute approximate surface area is 363 Å². The van der Waals surface area contributed by atoms with Gasteiger partial charge in [-0.15, -0.1) is 0 Å². The molecule has 11 aromatic rings. The number of hydrogen-bond acceptors (Lipinski definition) is 1. The summed E-state index contributed by atoms with van der Waals surface area (Å²) in [5.74, 6) is 0. The second kappa shape index (κ2) is 16.1. The Bertz CT molecular complexity index is 3250. The number of anilines is 3. The maximum Gasteiger partial charge on any atom is 0.0541 e. The molecule has 10 aromatic carbocycles. The highest BCUT2D eigenvalue weighted by atomic mass is 15.1. The number of aromatic nitrogens is 1. The number of aryl methyl sites for hydroxylation is 1. The van der Waals surface area contributed by atoms with E-state index >= 15 is 0 Å². The van der Waals surface area contributed by atoms with Crippen LogP contribution in [0.25, 0.3) is 82.4 Å². The minimum absolute atomic E-state index is 1.08. The first-order valence-electron chi connectivity index (χ1n) is 21.9. The molecule has 0 amide bonds. The van der Waals surface area contributed by atoms with Crippen LogP contribution in [-0.4, -0.2) is 4.57 Å². The second-order valence-electron chi connectivity index (χ2n) is 16.3. The van der Waals surface area contributed by atoms with Gasteiger partial charge in [0.15, 0.2) is 0 Å². The maximum absolute atomic E-state index is 2.46. The predicted octanol–water partition coefficient (Wildman–Crippen LogP) is 16.9. The van der Waals surface area contributed by atoms with Crippen LogP contribution in [0.15, 0.2) is 224 Å².